The van der Waals surface area contributed by atoms with Gasteiger partial charge in [0.2, 0.25) is 11.8 Å². The standard InChI is InChI=1S/C12H9Cl2N5O/c1-20-11-9-10(16-5-17-11)19(12(15)18-9)8-4-6(13)2-3-7(8)14/h2-5H,1H3,(H2,15,18). The second kappa shape index (κ2) is 4.81. The highest BCUT2D eigenvalue weighted by atomic mass is 35.5. The van der Waals surface area contributed by atoms with Crippen molar-refractivity contribution in [2.75, 3.05) is 12.8 Å². The maximum Gasteiger partial charge on any atom is 0.245 e. The molecular formula is C12H9Cl2N5O. The van der Waals surface area contributed by atoms with Gasteiger partial charge in [0.1, 0.15) is 6.33 Å². The first-order valence-electron chi connectivity index (χ1n) is 5.60. The molecule has 3 aromatic rings. The summed E-state index contributed by atoms with van der Waals surface area (Å²) in [5.41, 5.74) is 7.51. The van der Waals surface area contributed by atoms with Crippen molar-refractivity contribution in [3.8, 4) is 11.6 Å². The van der Waals surface area contributed by atoms with E-state index in [-0.39, 0.29) is 5.95 Å². The molecule has 0 saturated carbocycles. The van der Waals surface area contributed by atoms with E-state index in [1.807, 2.05) is 0 Å². The largest absolute Gasteiger partial charge is 0.479 e. The minimum absolute atomic E-state index is 0.225. The molecule has 0 saturated heterocycles. The van der Waals surface area contributed by atoms with E-state index in [0.717, 1.165) is 0 Å². The van der Waals surface area contributed by atoms with Crippen LogP contribution in [0.15, 0.2) is 24.5 Å². The van der Waals surface area contributed by atoms with Gasteiger partial charge in [-0.1, -0.05) is 23.2 Å². The van der Waals surface area contributed by atoms with Crippen molar-refractivity contribution in [2.45, 2.75) is 0 Å². The molecule has 0 radical (unpaired) electrons. The molecule has 102 valence electrons. The molecule has 0 aliphatic carbocycles. The van der Waals surface area contributed by atoms with Gasteiger partial charge >= 0.3 is 0 Å². The van der Waals surface area contributed by atoms with Gasteiger partial charge in [0.15, 0.2) is 11.2 Å². The van der Waals surface area contributed by atoms with Gasteiger partial charge in [-0.3, -0.25) is 4.57 Å². The lowest BCUT2D eigenvalue weighted by Crippen LogP contribution is -2.02. The van der Waals surface area contributed by atoms with Crippen molar-refractivity contribution in [1.82, 2.24) is 19.5 Å². The van der Waals surface area contributed by atoms with Crippen LogP contribution in [-0.4, -0.2) is 26.6 Å². The molecule has 0 aliphatic heterocycles. The zero-order valence-electron chi connectivity index (χ0n) is 10.3. The Morgan fingerprint density at radius 3 is 2.80 bits per heavy atom. The normalized spacial score (nSPS) is 10.9. The van der Waals surface area contributed by atoms with E-state index in [2.05, 4.69) is 15.0 Å². The average molecular weight is 310 g/mol. The van der Waals surface area contributed by atoms with Crippen LogP contribution in [-0.2, 0) is 0 Å². The molecule has 0 fully saturated rings. The first-order chi connectivity index (χ1) is 9.61. The number of hydrogen-bond donors (Lipinski definition) is 1. The van der Waals surface area contributed by atoms with E-state index in [4.69, 9.17) is 33.7 Å². The summed E-state index contributed by atoms with van der Waals surface area (Å²) >= 11 is 12.2. The van der Waals surface area contributed by atoms with E-state index >= 15 is 0 Å². The Morgan fingerprint density at radius 1 is 1.25 bits per heavy atom. The molecule has 2 N–H and O–H groups in total. The van der Waals surface area contributed by atoms with Gasteiger partial charge in [-0.05, 0) is 18.2 Å². The Bertz CT molecular complexity index is 802. The number of hydrogen-bond acceptors (Lipinski definition) is 5. The summed E-state index contributed by atoms with van der Waals surface area (Å²) in [6.45, 7) is 0. The highest BCUT2D eigenvalue weighted by Crippen LogP contribution is 2.31. The first-order valence-corrected chi connectivity index (χ1v) is 6.35. The molecule has 6 nitrogen and oxygen atoms in total. The summed E-state index contributed by atoms with van der Waals surface area (Å²) in [5.74, 6) is 0.571. The number of nitrogen functional groups attached to an aromatic ring is 1. The Morgan fingerprint density at radius 2 is 2.05 bits per heavy atom. The number of fused-ring (bicyclic) bond motifs is 1. The predicted octanol–water partition coefficient (Wildman–Crippen LogP) is 2.71. The van der Waals surface area contributed by atoms with Gasteiger partial charge in [-0.15, -0.1) is 0 Å². The predicted molar refractivity (Wildman–Crippen MR) is 77.6 cm³/mol. The zero-order valence-corrected chi connectivity index (χ0v) is 11.9. The van der Waals surface area contributed by atoms with Gasteiger partial charge in [0.05, 0.1) is 17.8 Å². The first kappa shape index (κ1) is 13.0. The highest BCUT2D eigenvalue weighted by Gasteiger charge is 2.17. The summed E-state index contributed by atoms with van der Waals surface area (Å²) < 4.78 is 6.75. The molecule has 0 amide bonds. The van der Waals surface area contributed by atoms with Crippen LogP contribution >= 0.6 is 23.2 Å². The Hall–Kier alpha value is -2.05. The smallest absolute Gasteiger partial charge is 0.245 e. The van der Waals surface area contributed by atoms with Crippen molar-refractivity contribution in [3.05, 3.63) is 34.6 Å². The molecule has 8 heteroatoms. The molecule has 0 spiro atoms. The number of halogens is 2. The number of aromatic nitrogens is 4. The number of benzene rings is 1. The Kier molecular flexibility index (Phi) is 3.11. The third-order valence-corrected chi connectivity index (χ3v) is 3.33. The lowest BCUT2D eigenvalue weighted by atomic mass is 10.3. The van der Waals surface area contributed by atoms with E-state index in [1.165, 1.54) is 13.4 Å². The molecule has 3 rings (SSSR count). The van der Waals surface area contributed by atoms with Crippen molar-refractivity contribution >= 4 is 40.3 Å². The number of rotatable bonds is 2. The van der Waals surface area contributed by atoms with Crippen molar-refractivity contribution in [1.29, 1.82) is 0 Å². The SMILES string of the molecule is COc1ncnc2c1nc(N)n2-c1cc(Cl)ccc1Cl. The molecule has 20 heavy (non-hydrogen) atoms. The number of imidazole rings is 1. The molecule has 0 atom stereocenters. The van der Waals surface area contributed by atoms with Gasteiger partial charge in [0, 0.05) is 5.02 Å². The minimum Gasteiger partial charge on any atom is -0.479 e. The van der Waals surface area contributed by atoms with E-state index < -0.39 is 0 Å². The minimum atomic E-state index is 0.225. The summed E-state index contributed by atoms with van der Waals surface area (Å²) in [7, 11) is 1.50. The van der Waals surface area contributed by atoms with Crippen molar-refractivity contribution in [3.63, 3.8) is 0 Å². The topological polar surface area (TPSA) is 78.8 Å². The molecule has 2 aromatic heterocycles. The maximum atomic E-state index is 6.20. The van der Waals surface area contributed by atoms with Crippen LogP contribution in [0.3, 0.4) is 0 Å². The highest BCUT2D eigenvalue weighted by molar-refractivity contribution is 6.34. The number of nitrogens with two attached hydrogens (primary N) is 1. The third kappa shape index (κ3) is 1.93. The fourth-order valence-electron chi connectivity index (χ4n) is 1.93. The Balaban J connectivity index is 2.37. The van der Waals surface area contributed by atoms with E-state index in [1.54, 1.807) is 22.8 Å². The summed E-state index contributed by atoms with van der Waals surface area (Å²) in [4.78, 5) is 12.4. The summed E-state index contributed by atoms with van der Waals surface area (Å²) in [5, 5.41) is 1.02. The van der Waals surface area contributed by atoms with Crippen LogP contribution in [0.5, 0.6) is 5.88 Å². The quantitative estimate of drug-likeness (QED) is 0.787. The third-order valence-electron chi connectivity index (χ3n) is 2.78. The maximum absolute atomic E-state index is 6.20. The Labute approximate surface area is 124 Å². The molecule has 0 bridgehead atoms. The zero-order chi connectivity index (χ0) is 14.3. The van der Waals surface area contributed by atoms with Crippen LogP contribution in [0.25, 0.3) is 16.9 Å². The summed E-state index contributed by atoms with van der Waals surface area (Å²) in [6, 6.07) is 5.07. The van der Waals surface area contributed by atoms with Crippen LogP contribution < -0.4 is 10.5 Å². The van der Waals surface area contributed by atoms with Crippen LogP contribution in [0.2, 0.25) is 10.0 Å². The average Bonchev–Trinajstić information content (AvgIpc) is 2.77. The van der Waals surface area contributed by atoms with Gasteiger partial charge < -0.3 is 10.5 Å². The number of methoxy groups -OCH3 is 1. The molecule has 1 aromatic carbocycles. The monoisotopic (exact) mass is 309 g/mol. The van der Waals surface area contributed by atoms with Gasteiger partial charge in [-0.2, -0.15) is 4.98 Å². The van der Waals surface area contributed by atoms with E-state index in [9.17, 15) is 0 Å². The fraction of sp³-hybridized carbons (Fsp3) is 0.0833. The molecule has 0 aliphatic rings. The van der Waals surface area contributed by atoms with Crippen LogP contribution in [0, 0.1) is 0 Å². The fourth-order valence-corrected chi connectivity index (χ4v) is 2.30. The number of ether oxygens (including phenoxy) is 1. The lowest BCUT2D eigenvalue weighted by Gasteiger charge is -2.08. The van der Waals surface area contributed by atoms with Gasteiger partial charge in [0.25, 0.3) is 0 Å². The second-order valence-electron chi connectivity index (χ2n) is 3.96. The number of anilines is 1. The van der Waals surface area contributed by atoms with Crippen molar-refractivity contribution in [2.24, 2.45) is 0 Å². The molecule has 0 unspecified atom stereocenters. The van der Waals surface area contributed by atoms with Crippen molar-refractivity contribution < 1.29 is 4.74 Å². The molecular weight excluding hydrogens is 301 g/mol. The lowest BCUT2D eigenvalue weighted by molar-refractivity contribution is 0.401. The van der Waals surface area contributed by atoms with E-state index in [0.29, 0.717) is 32.8 Å². The van der Waals surface area contributed by atoms with Gasteiger partial charge in [-0.25, -0.2) is 9.97 Å². The van der Waals surface area contributed by atoms with Crippen LogP contribution in [0.1, 0.15) is 0 Å². The second-order valence-corrected chi connectivity index (χ2v) is 4.80. The number of nitrogens with zero attached hydrogens (tertiary/aromatic N) is 4. The molecule has 2 heterocycles. The summed E-state index contributed by atoms with van der Waals surface area (Å²) in [6.07, 6.45) is 1.37. The van der Waals surface area contributed by atoms with Crippen LogP contribution in [0.4, 0.5) is 5.95 Å².